The summed E-state index contributed by atoms with van der Waals surface area (Å²) in [6, 6.07) is 49.9. The normalized spacial score (nSPS) is 16.8. The van der Waals surface area contributed by atoms with E-state index in [9.17, 15) is 39.0 Å². The van der Waals surface area contributed by atoms with Crippen LogP contribution < -0.4 is 52.5 Å². The van der Waals surface area contributed by atoms with E-state index >= 15 is 0 Å². The Hall–Kier alpha value is -9.61. The topological polar surface area (TPSA) is 316 Å². The fourth-order valence-corrected chi connectivity index (χ4v) is 11.6. The number of rotatable bonds is 25. The van der Waals surface area contributed by atoms with Crippen LogP contribution in [0.15, 0.2) is 189 Å². The van der Waals surface area contributed by atoms with Crippen LogP contribution in [0.1, 0.15) is 123 Å². The van der Waals surface area contributed by atoms with Crippen molar-refractivity contribution >= 4 is 35.9 Å². The maximum atomic E-state index is 12.9. The van der Waals surface area contributed by atoms with Crippen molar-refractivity contribution < 1.29 is 62.8 Å². The molecule has 4 heterocycles. The van der Waals surface area contributed by atoms with Crippen LogP contribution in [0.3, 0.4) is 0 Å². The van der Waals surface area contributed by atoms with Gasteiger partial charge in [0, 0.05) is 38.1 Å². The van der Waals surface area contributed by atoms with E-state index in [4.69, 9.17) is 48.7 Å². The lowest BCUT2D eigenvalue weighted by Gasteiger charge is -2.37. The second-order valence-corrected chi connectivity index (χ2v) is 24.8. The molecule has 8 aromatic rings. The zero-order valence-electron chi connectivity index (χ0n) is 58.3. The third-order valence-corrected chi connectivity index (χ3v) is 17.0. The first-order valence-electron chi connectivity index (χ1n) is 33.2. The fraction of sp³-hybridized carbons (Fsp3) is 0.359. The molecule has 540 valence electrons. The van der Waals surface area contributed by atoms with Crippen molar-refractivity contribution in [3.8, 4) is 46.7 Å². The highest BCUT2D eigenvalue weighted by molar-refractivity contribution is 14.0. The Morgan fingerprint density at radius 2 is 0.873 bits per heavy atom. The number of amides is 1. The summed E-state index contributed by atoms with van der Waals surface area (Å²) < 4.78 is 50.2. The highest BCUT2D eigenvalue weighted by Crippen LogP contribution is 2.45. The minimum atomic E-state index is -1.14. The number of carboxylic acid groups (broad SMARTS) is 1. The van der Waals surface area contributed by atoms with Crippen molar-refractivity contribution in [2.45, 2.75) is 114 Å². The number of ether oxygens (including phenoxy) is 8. The molecule has 10 rings (SSSR count). The van der Waals surface area contributed by atoms with E-state index in [1.54, 1.807) is 28.4 Å². The predicted octanol–water partition coefficient (Wildman–Crippen LogP) is 8.76. The van der Waals surface area contributed by atoms with Crippen LogP contribution in [-0.2, 0) is 39.7 Å². The van der Waals surface area contributed by atoms with Crippen LogP contribution in [0.5, 0.6) is 23.0 Å². The molecular weight excluding hydrogens is 1420 g/mol. The van der Waals surface area contributed by atoms with E-state index < -0.39 is 76.5 Å². The third kappa shape index (κ3) is 20.6. The molecule has 24 heteroatoms. The van der Waals surface area contributed by atoms with E-state index in [1.807, 2.05) is 185 Å². The van der Waals surface area contributed by atoms with Gasteiger partial charge in [-0.05, 0) is 107 Å². The summed E-state index contributed by atoms with van der Waals surface area (Å²) in [4.78, 5) is 76.8. The quantitative estimate of drug-likeness (QED) is 0.0160. The molecular formula is C78H89IN6O17. The van der Waals surface area contributed by atoms with Crippen molar-refractivity contribution in [1.82, 2.24) is 24.4 Å². The van der Waals surface area contributed by atoms with Gasteiger partial charge >= 0.3 is 17.3 Å². The van der Waals surface area contributed by atoms with Gasteiger partial charge in [0.05, 0.1) is 67.0 Å². The number of aromatic nitrogens is 4. The first kappa shape index (κ1) is 79.7. The average Bonchev–Trinajstić information content (AvgIpc) is 1.41. The number of aromatic amines is 2. The molecule has 8 N–H and O–H groups in total. The van der Waals surface area contributed by atoms with Gasteiger partial charge in [-0.15, -0.1) is 24.0 Å². The third-order valence-electron chi connectivity index (χ3n) is 17.0. The van der Waals surface area contributed by atoms with E-state index in [1.165, 1.54) is 21.5 Å². The summed E-state index contributed by atoms with van der Waals surface area (Å²) in [7, 11) is 6.42. The molecule has 6 atom stereocenters. The Balaban J connectivity index is 0.000000258. The van der Waals surface area contributed by atoms with Crippen LogP contribution in [-0.4, -0.2) is 125 Å². The number of hydrogen-bond donors (Lipinski definition) is 7. The molecule has 102 heavy (non-hydrogen) atoms. The molecule has 2 aromatic heterocycles. The van der Waals surface area contributed by atoms with Gasteiger partial charge in [-0.2, -0.15) is 0 Å². The molecule has 23 nitrogen and oxygen atoms in total. The Bertz CT molecular complexity index is 4280. The summed E-state index contributed by atoms with van der Waals surface area (Å²) in [6.07, 6.45) is -0.239. The number of hydrogen-bond acceptors (Lipinski definition) is 17. The number of methoxy groups -OCH3 is 4. The molecule has 0 unspecified atom stereocenters. The number of carbonyl (C=O) groups is 2. The summed E-state index contributed by atoms with van der Waals surface area (Å²) in [5.74, 6) is 13.6. The van der Waals surface area contributed by atoms with Gasteiger partial charge in [-0.3, -0.25) is 38.3 Å². The molecule has 0 bridgehead atoms. The predicted molar refractivity (Wildman–Crippen MR) is 395 cm³/mol. The molecule has 6 aromatic carbocycles. The summed E-state index contributed by atoms with van der Waals surface area (Å²) in [6.45, 7) is 8.15. The summed E-state index contributed by atoms with van der Waals surface area (Å²) >= 11 is 0. The molecule has 2 fully saturated rings. The Kier molecular flexibility index (Phi) is 30.0. The lowest BCUT2D eigenvalue weighted by molar-refractivity contribution is -0.137. The first-order valence-corrected chi connectivity index (χ1v) is 33.2. The smallest absolute Gasteiger partial charge is 0.330 e. The maximum absolute atomic E-state index is 12.9. The number of carboxylic acids is 1. The fourth-order valence-electron chi connectivity index (χ4n) is 11.6. The minimum absolute atomic E-state index is 0. The number of nitrogens with one attached hydrogen (secondary N) is 3. The zero-order chi connectivity index (χ0) is 72.6. The standard InChI is InChI=1S/C39H43N3O8.C33H33N3O7.C6H12O2.HI/c1-26(2)12-21-35(44)40-22-8-9-27-24-42(38(46)41-37(27)45)36-23-33(43)34(50-36)25-49-39(28-10-6-5-7-11-28,29-13-17-31(47-3)18-14-29)30-15-19-32(48-4)20-16-30;1-40-26-14-10-24(11-15-26)33(23-8-4-3-5-9-23,25-12-16-27(41-2)17-13-25)42-21-29-28(37)19-30(43-29)36-20-22(7-6-18-34)31(38)35-32(36)39;1-5(2)3-4-6(7)8;/h5-7,10-11,13-20,24,26,33-34,36,43H,12,21-23,25H2,1-4H3,(H,40,44)(H,41,45,46);3-5,8-17,20,28-30,37H,18-19,21,34H2,1-2H3,(H,35,38,39);5H,3-4H2,1-2H3,(H,7,8);1H/t33-,34-,36-;28-,29-,30-;;/m11../s1. The number of benzene rings is 6. The lowest BCUT2D eigenvalue weighted by Crippen LogP contribution is -2.38. The van der Waals surface area contributed by atoms with Gasteiger partial charge in [-0.1, -0.05) is 161 Å². The molecule has 0 radical (unpaired) electrons. The SMILES string of the molecule is CC(C)CCC(=O)O.COc1ccc(C(OC[C@H]2O[C@@H](n3cc(C#CCN)c(=O)[nH]c3=O)C[C@H]2O)(c2ccccc2)c2ccc(OC)cc2)cc1.COc1ccc(C(OC[C@H]2O[C@@H](n3cc(C#CCNC(=O)CCC(C)C)c(=O)[nH]c3=O)C[C@H]2O)(c2ccccc2)c2ccc(OC)cc2)cc1.I. The van der Waals surface area contributed by atoms with Crippen LogP contribution in [0.4, 0.5) is 0 Å². The summed E-state index contributed by atoms with van der Waals surface area (Å²) in [5.41, 5.74) is 5.63. The van der Waals surface area contributed by atoms with E-state index in [0.29, 0.717) is 47.7 Å². The number of halogens is 1. The number of nitrogens with zero attached hydrogens (tertiary/aromatic N) is 2. The molecule has 0 saturated carbocycles. The van der Waals surface area contributed by atoms with Crippen molar-refractivity contribution in [1.29, 1.82) is 0 Å². The molecule has 0 spiro atoms. The van der Waals surface area contributed by atoms with Crippen molar-refractivity contribution in [2.24, 2.45) is 17.6 Å². The second-order valence-electron chi connectivity index (χ2n) is 24.8. The van der Waals surface area contributed by atoms with Gasteiger partial charge in [0.2, 0.25) is 5.91 Å². The van der Waals surface area contributed by atoms with Gasteiger partial charge in [-0.25, -0.2) is 9.59 Å². The number of aliphatic hydroxyl groups excluding tert-OH is 2. The van der Waals surface area contributed by atoms with Crippen LogP contribution in [0.25, 0.3) is 0 Å². The molecule has 2 saturated heterocycles. The first-order chi connectivity index (χ1) is 48.7. The van der Waals surface area contributed by atoms with Crippen LogP contribution in [0.2, 0.25) is 0 Å². The average molecular weight is 1510 g/mol. The number of aliphatic carboxylic acids is 1. The maximum Gasteiger partial charge on any atom is 0.330 e. The number of H-pyrrole nitrogens is 2. The van der Waals surface area contributed by atoms with E-state index in [0.717, 1.165) is 46.2 Å². The Morgan fingerprint density at radius 3 is 1.19 bits per heavy atom. The zero-order valence-corrected chi connectivity index (χ0v) is 60.6. The number of carbonyl (C=O) groups excluding carboxylic acids is 1. The van der Waals surface area contributed by atoms with Gasteiger partial charge < -0.3 is 64.3 Å². The summed E-state index contributed by atoms with van der Waals surface area (Å²) in [5, 5.41) is 33.1. The monoisotopic (exact) mass is 1510 g/mol. The van der Waals surface area contributed by atoms with Crippen molar-refractivity contribution in [3.63, 3.8) is 0 Å². The lowest BCUT2D eigenvalue weighted by atomic mass is 9.80. The van der Waals surface area contributed by atoms with Crippen LogP contribution in [0, 0.1) is 35.5 Å². The highest BCUT2D eigenvalue weighted by Gasteiger charge is 2.44. The number of nitrogens with two attached hydrogens (primary N) is 1. The van der Waals surface area contributed by atoms with Crippen molar-refractivity contribution in [2.75, 3.05) is 54.7 Å². The molecule has 1 amide bonds. The molecule has 0 aliphatic carbocycles. The van der Waals surface area contributed by atoms with Gasteiger partial charge in [0.25, 0.3) is 11.1 Å². The highest BCUT2D eigenvalue weighted by atomic mass is 127. The van der Waals surface area contributed by atoms with Crippen LogP contribution >= 0.6 is 24.0 Å². The second kappa shape index (κ2) is 38.4. The van der Waals surface area contributed by atoms with Gasteiger partial charge in [0.15, 0.2) is 0 Å². The van der Waals surface area contributed by atoms with E-state index in [2.05, 4.69) is 39.0 Å². The number of aliphatic hydroxyl groups is 2. The van der Waals surface area contributed by atoms with Gasteiger partial charge in [0.1, 0.15) is 70.0 Å². The Labute approximate surface area is 609 Å². The molecule has 2 aliphatic rings. The van der Waals surface area contributed by atoms with E-state index in [-0.39, 0.29) is 80.2 Å². The minimum Gasteiger partial charge on any atom is -0.497 e. The Morgan fingerprint density at radius 1 is 0.539 bits per heavy atom. The molecule has 2 aliphatic heterocycles. The van der Waals surface area contributed by atoms with Crippen molar-refractivity contribution in [3.05, 3.63) is 256 Å². The largest absolute Gasteiger partial charge is 0.497 e.